The Bertz CT molecular complexity index is 906. The maximum absolute atomic E-state index is 12.1. The molecule has 0 fully saturated rings. The van der Waals surface area contributed by atoms with Gasteiger partial charge in [0.1, 0.15) is 5.75 Å². The van der Waals surface area contributed by atoms with Crippen LogP contribution in [0.15, 0.2) is 48.5 Å². The SMILES string of the molecule is CC[C@H](C)NC(=O)NC(=O)COC(=O)c1ccc(-c2ccc(OC(C)=O)cc2)cc1. The van der Waals surface area contributed by atoms with E-state index in [1.807, 2.05) is 13.8 Å². The molecule has 2 rings (SSSR count). The third-order valence-electron chi connectivity index (χ3n) is 4.15. The van der Waals surface area contributed by atoms with Crippen molar-refractivity contribution in [3.63, 3.8) is 0 Å². The summed E-state index contributed by atoms with van der Waals surface area (Å²) in [6.07, 6.45) is 0.725. The lowest BCUT2D eigenvalue weighted by Gasteiger charge is -2.11. The van der Waals surface area contributed by atoms with Crippen LogP contribution < -0.4 is 15.4 Å². The van der Waals surface area contributed by atoms with Crippen LogP contribution in [-0.2, 0) is 14.3 Å². The van der Waals surface area contributed by atoms with E-state index in [9.17, 15) is 19.2 Å². The first-order valence-electron chi connectivity index (χ1n) is 9.45. The Balaban J connectivity index is 1.88. The zero-order valence-electron chi connectivity index (χ0n) is 17.1. The molecule has 8 heteroatoms. The Morgan fingerprint density at radius 1 is 0.933 bits per heavy atom. The summed E-state index contributed by atoms with van der Waals surface area (Å²) >= 11 is 0. The van der Waals surface area contributed by atoms with Crippen LogP contribution >= 0.6 is 0 Å². The van der Waals surface area contributed by atoms with Gasteiger partial charge in [-0.25, -0.2) is 9.59 Å². The van der Waals surface area contributed by atoms with Gasteiger partial charge in [-0.1, -0.05) is 31.2 Å². The number of urea groups is 1. The third kappa shape index (κ3) is 7.05. The number of rotatable bonds is 7. The molecule has 158 valence electrons. The molecule has 0 heterocycles. The van der Waals surface area contributed by atoms with Crippen molar-refractivity contribution in [2.75, 3.05) is 6.61 Å². The molecule has 3 amide bonds. The second kappa shape index (κ2) is 10.8. The first-order valence-corrected chi connectivity index (χ1v) is 9.45. The summed E-state index contributed by atoms with van der Waals surface area (Å²) in [7, 11) is 0. The Morgan fingerprint density at radius 2 is 1.50 bits per heavy atom. The number of carbonyl (C=O) groups excluding carboxylic acids is 4. The number of esters is 2. The van der Waals surface area contributed by atoms with E-state index in [1.54, 1.807) is 48.5 Å². The zero-order chi connectivity index (χ0) is 22.1. The molecule has 0 saturated carbocycles. The summed E-state index contributed by atoms with van der Waals surface area (Å²) in [5, 5.41) is 4.68. The van der Waals surface area contributed by atoms with E-state index in [4.69, 9.17) is 9.47 Å². The molecule has 0 bridgehead atoms. The Hall–Kier alpha value is -3.68. The third-order valence-corrected chi connectivity index (χ3v) is 4.15. The van der Waals surface area contributed by atoms with E-state index < -0.39 is 30.5 Å². The molecule has 0 aliphatic rings. The number of imide groups is 1. The van der Waals surface area contributed by atoms with Crippen molar-refractivity contribution in [3.05, 3.63) is 54.1 Å². The van der Waals surface area contributed by atoms with E-state index in [0.29, 0.717) is 5.75 Å². The largest absolute Gasteiger partial charge is 0.452 e. The van der Waals surface area contributed by atoms with Crippen LogP contribution in [0.3, 0.4) is 0 Å². The molecule has 0 aliphatic heterocycles. The Morgan fingerprint density at radius 3 is 2.03 bits per heavy atom. The highest BCUT2D eigenvalue weighted by molar-refractivity contribution is 5.97. The normalized spacial score (nSPS) is 11.2. The van der Waals surface area contributed by atoms with Crippen LogP contribution in [0.5, 0.6) is 5.75 Å². The van der Waals surface area contributed by atoms with Crippen molar-refractivity contribution in [2.24, 2.45) is 0 Å². The summed E-state index contributed by atoms with van der Waals surface area (Å²) in [4.78, 5) is 46.4. The van der Waals surface area contributed by atoms with Crippen LogP contribution in [0.25, 0.3) is 11.1 Å². The minimum absolute atomic E-state index is 0.0725. The van der Waals surface area contributed by atoms with Gasteiger partial charge in [-0.05, 0) is 48.7 Å². The van der Waals surface area contributed by atoms with Crippen LogP contribution in [0.2, 0.25) is 0 Å². The summed E-state index contributed by atoms with van der Waals surface area (Å²) in [5.41, 5.74) is 1.99. The van der Waals surface area contributed by atoms with Gasteiger partial charge in [0.05, 0.1) is 5.56 Å². The number of hydrogen-bond donors (Lipinski definition) is 2. The maximum Gasteiger partial charge on any atom is 0.338 e. The molecule has 0 spiro atoms. The van der Waals surface area contributed by atoms with Crippen LogP contribution in [-0.4, -0.2) is 36.5 Å². The minimum atomic E-state index is -0.714. The van der Waals surface area contributed by atoms with E-state index in [-0.39, 0.29) is 11.6 Å². The molecule has 1 atom stereocenters. The Labute approximate surface area is 174 Å². The summed E-state index contributed by atoms with van der Waals surface area (Å²) < 4.78 is 9.93. The van der Waals surface area contributed by atoms with Gasteiger partial charge in [0.25, 0.3) is 5.91 Å². The van der Waals surface area contributed by atoms with Gasteiger partial charge < -0.3 is 14.8 Å². The summed E-state index contributed by atoms with van der Waals surface area (Å²) in [5.74, 6) is -1.34. The molecule has 2 N–H and O–H groups in total. The second-order valence-corrected chi connectivity index (χ2v) is 6.60. The molecule has 30 heavy (non-hydrogen) atoms. The molecule has 2 aromatic carbocycles. The van der Waals surface area contributed by atoms with E-state index in [1.165, 1.54) is 6.92 Å². The average Bonchev–Trinajstić information content (AvgIpc) is 2.72. The standard InChI is InChI=1S/C22H24N2O6/c1-4-14(2)23-22(28)24-20(26)13-29-21(27)18-7-5-16(6-8-18)17-9-11-19(12-10-17)30-15(3)25/h5-12,14H,4,13H2,1-3H3,(H2,23,24,26,28)/t14-/m0/s1. The predicted molar refractivity (Wildman–Crippen MR) is 110 cm³/mol. The van der Waals surface area contributed by atoms with Crippen molar-refractivity contribution in [1.82, 2.24) is 10.6 Å². The fourth-order valence-electron chi connectivity index (χ4n) is 2.42. The molecule has 0 unspecified atom stereocenters. The fraction of sp³-hybridized carbons (Fsp3) is 0.273. The lowest BCUT2D eigenvalue weighted by molar-refractivity contribution is -0.131. The number of carbonyl (C=O) groups is 4. The highest BCUT2D eigenvalue weighted by Gasteiger charge is 2.13. The number of ether oxygens (including phenoxy) is 2. The number of amides is 3. The van der Waals surface area contributed by atoms with Gasteiger partial charge in [0, 0.05) is 13.0 Å². The average molecular weight is 412 g/mol. The molecule has 0 saturated heterocycles. The fourth-order valence-corrected chi connectivity index (χ4v) is 2.42. The van der Waals surface area contributed by atoms with Gasteiger partial charge in [0.2, 0.25) is 0 Å². The molecule has 0 aromatic heterocycles. The van der Waals surface area contributed by atoms with Gasteiger partial charge in [0.15, 0.2) is 6.61 Å². The van der Waals surface area contributed by atoms with Crippen LogP contribution in [0.1, 0.15) is 37.6 Å². The minimum Gasteiger partial charge on any atom is -0.452 e. The lowest BCUT2D eigenvalue weighted by atomic mass is 10.0. The Kier molecular flexibility index (Phi) is 8.10. The lowest BCUT2D eigenvalue weighted by Crippen LogP contribution is -2.44. The first-order chi connectivity index (χ1) is 14.3. The van der Waals surface area contributed by atoms with Crippen molar-refractivity contribution in [2.45, 2.75) is 33.2 Å². The highest BCUT2D eigenvalue weighted by atomic mass is 16.5. The summed E-state index contributed by atoms with van der Waals surface area (Å²) in [6.45, 7) is 4.48. The molecule has 0 radical (unpaired) electrons. The number of nitrogens with one attached hydrogen (secondary N) is 2. The van der Waals surface area contributed by atoms with E-state index in [0.717, 1.165) is 17.5 Å². The van der Waals surface area contributed by atoms with Crippen molar-refractivity contribution < 1.29 is 28.7 Å². The monoisotopic (exact) mass is 412 g/mol. The predicted octanol–water partition coefficient (Wildman–Crippen LogP) is 3.06. The van der Waals surface area contributed by atoms with Crippen molar-refractivity contribution in [1.29, 1.82) is 0 Å². The highest BCUT2D eigenvalue weighted by Crippen LogP contribution is 2.23. The molecular weight excluding hydrogens is 388 g/mol. The van der Waals surface area contributed by atoms with E-state index in [2.05, 4.69) is 10.6 Å². The van der Waals surface area contributed by atoms with Crippen molar-refractivity contribution >= 4 is 23.9 Å². The maximum atomic E-state index is 12.1. The second-order valence-electron chi connectivity index (χ2n) is 6.60. The molecule has 2 aromatic rings. The molecular formula is C22H24N2O6. The van der Waals surface area contributed by atoms with Crippen LogP contribution in [0.4, 0.5) is 4.79 Å². The van der Waals surface area contributed by atoms with Gasteiger partial charge in [-0.15, -0.1) is 0 Å². The van der Waals surface area contributed by atoms with E-state index >= 15 is 0 Å². The zero-order valence-corrected chi connectivity index (χ0v) is 17.1. The number of benzene rings is 2. The molecule has 0 aliphatic carbocycles. The van der Waals surface area contributed by atoms with Gasteiger partial charge in [-0.2, -0.15) is 0 Å². The quantitative estimate of drug-likeness (QED) is 0.534. The number of hydrogen-bond acceptors (Lipinski definition) is 6. The summed E-state index contributed by atoms with van der Waals surface area (Å²) in [6, 6.07) is 12.8. The smallest absolute Gasteiger partial charge is 0.338 e. The van der Waals surface area contributed by atoms with Crippen LogP contribution in [0, 0.1) is 0 Å². The van der Waals surface area contributed by atoms with Gasteiger partial charge >= 0.3 is 18.0 Å². The van der Waals surface area contributed by atoms with Gasteiger partial charge in [-0.3, -0.25) is 14.9 Å². The molecule has 8 nitrogen and oxygen atoms in total. The first kappa shape index (κ1) is 22.6. The topological polar surface area (TPSA) is 111 Å². The van der Waals surface area contributed by atoms with Crippen molar-refractivity contribution in [3.8, 4) is 16.9 Å².